The fourth-order valence-electron chi connectivity index (χ4n) is 1.14. The van der Waals surface area contributed by atoms with Gasteiger partial charge in [0.25, 0.3) is 0 Å². The van der Waals surface area contributed by atoms with Gasteiger partial charge < -0.3 is 5.32 Å². The number of rotatable bonds is 1. The van der Waals surface area contributed by atoms with E-state index >= 15 is 0 Å². The number of fused-ring (bicyclic) bond motifs is 1. The van der Waals surface area contributed by atoms with Crippen LogP contribution in [0.2, 0.25) is 0 Å². The molecular formula is C11H15N3. The van der Waals surface area contributed by atoms with Crippen molar-refractivity contribution >= 4 is 16.6 Å². The molecule has 3 heteroatoms. The van der Waals surface area contributed by atoms with E-state index in [0.717, 1.165) is 16.6 Å². The lowest BCUT2D eigenvalue weighted by Crippen LogP contribution is -1.88. The van der Waals surface area contributed by atoms with Crippen molar-refractivity contribution in [2.75, 3.05) is 12.4 Å². The molecule has 0 atom stereocenters. The van der Waals surface area contributed by atoms with E-state index < -0.39 is 0 Å². The van der Waals surface area contributed by atoms with Crippen LogP contribution in [0.25, 0.3) is 10.9 Å². The Labute approximate surface area is 84.2 Å². The van der Waals surface area contributed by atoms with Crippen LogP contribution in [0, 0.1) is 0 Å². The van der Waals surface area contributed by atoms with E-state index in [0.29, 0.717) is 0 Å². The Bertz CT molecular complexity index is 398. The summed E-state index contributed by atoms with van der Waals surface area (Å²) >= 11 is 0. The third kappa shape index (κ3) is 2.19. The second kappa shape index (κ2) is 5.17. The zero-order valence-corrected chi connectivity index (χ0v) is 8.78. The Morgan fingerprint density at radius 2 is 2.00 bits per heavy atom. The van der Waals surface area contributed by atoms with Crippen molar-refractivity contribution in [3.05, 3.63) is 30.7 Å². The van der Waals surface area contributed by atoms with Crippen molar-refractivity contribution in [3.63, 3.8) is 0 Å². The van der Waals surface area contributed by atoms with E-state index in [1.807, 2.05) is 45.3 Å². The molecule has 0 unspecified atom stereocenters. The standard InChI is InChI=1S/C9H9N3.C2H6/c1-10-8-2-3-9-7(4-8)5-11-6-12-9;1-2/h2-6,10H,1H3;1-2H3. The van der Waals surface area contributed by atoms with Gasteiger partial charge in [0, 0.05) is 24.3 Å². The maximum absolute atomic E-state index is 4.12. The van der Waals surface area contributed by atoms with Gasteiger partial charge in [-0.25, -0.2) is 9.97 Å². The van der Waals surface area contributed by atoms with E-state index in [9.17, 15) is 0 Å². The number of nitrogens with zero attached hydrogens (tertiary/aromatic N) is 2. The van der Waals surface area contributed by atoms with E-state index in [4.69, 9.17) is 0 Å². The molecule has 1 aromatic carbocycles. The van der Waals surface area contributed by atoms with Crippen LogP contribution in [0.15, 0.2) is 30.7 Å². The third-order valence-electron chi connectivity index (χ3n) is 1.79. The average Bonchev–Trinajstić information content (AvgIpc) is 2.31. The van der Waals surface area contributed by atoms with Gasteiger partial charge in [-0.05, 0) is 18.2 Å². The van der Waals surface area contributed by atoms with Crippen molar-refractivity contribution < 1.29 is 0 Å². The van der Waals surface area contributed by atoms with Gasteiger partial charge >= 0.3 is 0 Å². The summed E-state index contributed by atoms with van der Waals surface area (Å²) in [4.78, 5) is 8.07. The highest BCUT2D eigenvalue weighted by Gasteiger charge is 1.93. The van der Waals surface area contributed by atoms with Crippen LogP contribution in [0.3, 0.4) is 0 Å². The van der Waals surface area contributed by atoms with Gasteiger partial charge in [0.1, 0.15) is 6.33 Å². The molecule has 2 aromatic rings. The fraction of sp³-hybridized carbons (Fsp3) is 0.273. The first-order valence-electron chi connectivity index (χ1n) is 4.77. The van der Waals surface area contributed by atoms with Crippen molar-refractivity contribution in [3.8, 4) is 0 Å². The average molecular weight is 189 g/mol. The predicted octanol–water partition coefficient (Wildman–Crippen LogP) is 2.70. The van der Waals surface area contributed by atoms with Crippen molar-refractivity contribution in [1.82, 2.24) is 9.97 Å². The van der Waals surface area contributed by atoms with Crippen molar-refractivity contribution in [2.45, 2.75) is 13.8 Å². The number of aromatic nitrogens is 2. The minimum Gasteiger partial charge on any atom is -0.388 e. The van der Waals surface area contributed by atoms with Gasteiger partial charge in [-0.3, -0.25) is 0 Å². The Hall–Kier alpha value is -1.64. The normalized spacial score (nSPS) is 9.07. The lowest BCUT2D eigenvalue weighted by atomic mass is 10.2. The zero-order chi connectivity index (χ0) is 10.4. The summed E-state index contributed by atoms with van der Waals surface area (Å²) in [5.74, 6) is 0. The Morgan fingerprint density at radius 3 is 2.71 bits per heavy atom. The Balaban J connectivity index is 0.000000461. The van der Waals surface area contributed by atoms with E-state index in [-0.39, 0.29) is 0 Å². The second-order valence-electron chi connectivity index (χ2n) is 2.55. The molecule has 0 amide bonds. The van der Waals surface area contributed by atoms with Gasteiger partial charge in [0.2, 0.25) is 0 Å². The summed E-state index contributed by atoms with van der Waals surface area (Å²) in [6.07, 6.45) is 3.37. The van der Waals surface area contributed by atoms with Crippen LogP contribution >= 0.6 is 0 Å². The fourth-order valence-corrected chi connectivity index (χ4v) is 1.14. The topological polar surface area (TPSA) is 37.8 Å². The molecule has 1 heterocycles. The predicted molar refractivity (Wildman–Crippen MR) is 60.4 cm³/mol. The number of anilines is 1. The van der Waals surface area contributed by atoms with Gasteiger partial charge in [-0.15, -0.1) is 0 Å². The number of hydrogen-bond acceptors (Lipinski definition) is 3. The number of nitrogens with one attached hydrogen (secondary N) is 1. The van der Waals surface area contributed by atoms with Crippen LogP contribution in [0.1, 0.15) is 13.8 Å². The highest BCUT2D eigenvalue weighted by atomic mass is 14.8. The Kier molecular flexibility index (Phi) is 3.85. The quantitative estimate of drug-likeness (QED) is 0.749. The molecule has 1 N–H and O–H groups in total. The van der Waals surface area contributed by atoms with Gasteiger partial charge in [-0.1, -0.05) is 13.8 Å². The number of benzene rings is 1. The molecule has 0 fully saturated rings. The van der Waals surface area contributed by atoms with E-state index in [1.54, 1.807) is 6.33 Å². The zero-order valence-electron chi connectivity index (χ0n) is 8.78. The van der Waals surface area contributed by atoms with E-state index in [2.05, 4.69) is 15.3 Å². The molecule has 1 aromatic heterocycles. The molecule has 14 heavy (non-hydrogen) atoms. The van der Waals surface area contributed by atoms with Crippen molar-refractivity contribution in [1.29, 1.82) is 0 Å². The molecule has 0 aliphatic rings. The first-order valence-corrected chi connectivity index (χ1v) is 4.77. The van der Waals surface area contributed by atoms with Gasteiger partial charge in [0.15, 0.2) is 0 Å². The summed E-state index contributed by atoms with van der Waals surface area (Å²) in [6, 6.07) is 5.99. The largest absolute Gasteiger partial charge is 0.388 e. The molecular weight excluding hydrogens is 174 g/mol. The van der Waals surface area contributed by atoms with Gasteiger partial charge in [0.05, 0.1) is 5.52 Å². The van der Waals surface area contributed by atoms with Crippen LogP contribution < -0.4 is 5.32 Å². The maximum Gasteiger partial charge on any atom is 0.116 e. The second-order valence-corrected chi connectivity index (χ2v) is 2.55. The minimum absolute atomic E-state index is 0.976. The van der Waals surface area contributed by atoms with Crippen LogP contribution in [-0.2, 0) is 0 Å². The summed E-state index contributed by atoms with van der Waals surface area (Å²) < 4.78 is 0. The Morgan fingerprint density at radius 1 is 1.21 bits per heavy atom. The first kappa shape index (κ1) is 10.4. The summed E-state index contributed by atoms with van der Waals surface area (Å²) in [6.45, 7) is 4.00. The van der Waals surface area contributed by atoms with Crippen LogP contribution in [0.4, 0.5) is 5.69 Å². The minimum atomic E-state index is 0.976. The monoisotopic (exact) mass is 189 g/mol. The molecule has 3 nitrogen and oxygen atoms in total. The molecule has 0 saturated heterocycles. The summed E-state index contributed by atoms with van der Waals surface area (Å²) in [5.41, 5.74) is 2.06. The molecule has 74 valence electrons. The number of hydrogen-bond donors (Lipinski definition) is 1. The van der Waals surface area contributed by atoms with E-state index in [1.165, 1.54) is 0 Å². The maximum atomic E-state index is 4.12. The smallest absolute Gasteiger partial charge is 0.116 e. The van der Waals surface area contributed by atoms with Crippen LogP contribution in [0.5, 0.6) is 0 Å². The van der Waals surface area contributed by atoms with Crippen LogP contribution in [-0.4, -0.2) is 17.0 Å². The summed E-state index contributed by atoms with van der Waals surface area (Å²) in [5, 5.41) is 4.12. The van der Waals surface area contributed by atoms with Gasteiger partial charge in [-0.2, -0.15) is 0 Å². The molecule has 0 bridgehead atoms. The lowest BCUT2D eigenvalue weighted by molar-refractivity contribution is 1.22. The molecule has 0 saturated carbocycles. The lowest BCUT2D eigenvalue weighted by Gasteiger charge is -2.00. The third-order valence-corrected chi connectivity index (χ3v) is 1.79. The molecule has 2 rings (SSSR count). The molecule has 0 aliphatic heterocycles. The highest BCUT2D eigenvalue weighted by Crippen LogP contribution is 2.14. The molecule has 0 radical (unpaired) electrons. The first-order chi connectivity index (χ1) is 6.90. The molecule has 0 aliphatic carbocycles. The molecule has 0 spiro atoms. The highest BCUT2D eigenvalue weighted by molar-refractivity contribution is 5.81. The van der Waals surface area contributed by atoms with Crippen molar-refractivity contribution in [2.24, 2.45) is 0 Å². The SMILES string of the molecule is CC.CNc1ccc2ncncc2c1. The summed E-state index contributed by atoms with van der Waals surface area (Å²) in [7, 11) is 1.89.